The zero-order chi connectivity index (χ0) is 12.2. The molecule has 0 radical (unpaired) electrons. The van der Waals surface area contributed by atoms with E-state index in [0.717, 1.165) is 42.6 Å². The number of aromatic amines is 1. The van der Waals surface area contributed by atoms with Crippen LogP contribution >= 0.6 is 0 Å². The van der Waals surface area contributed by atoms with Gasteiger partial charge in [-0.05, 0) is 44.0 Å². The van der Waals surface area contributed by atoms with E-state index in [1.54, 1.807) is 0 Å². The van der Waals surface area contributed by atoms with Crippen molar-refractivity contribution in [2.75, 3.05) is 13.1 Å². The fourth-order valence-corrected chi connectivity index (χ4v) is 2.48. The largest absolute Gasteiger partial charge is 0.341 e. The van der Waals surface area contributed by atoms with Gasteiger partial charge in [-0.1, -0.05) is 6.07 Å². The van der Waals surface area contributed by atoms with E-state index in [2.05, 4.69) is 20.3 Å². The van der Waals surface area contributed by atoms with E-state index in [1.165, 1.54) is 12.8 Å². The quantitative estimate of drug-likeness (QED) is 0.865. The van der Waals surface area contributed by atoms with E-state index in [9.17, 15) is 0 Å². The zero-order valence-electron chi connectivity index (χ0n) is 10.4. The Kier molecular flexibility index (Phi) is 3.37. The highest BCUT2D eigenvalue weighted by Crippen LogP contribution is 2.19. The molecule has 0 bridgehead atoms. The van der Waals surface area contributed by atoms with Crippen molar-refractivity contribution in [1.29, 1.82) is 0 Å². The van der Waals surface area contributed by atoms with Crippen LogP contribution in [0.5, 0.6) is 0 Å². The van der Waals surface area contributed by atoms with Crippen LogP contribution in [0.4, 0.5) is 0 Å². The number of aromatic nitrogens is 3. The normalized spacial score (nSPS) is 16.9. The molecule has 2 aromatic heterocycles. The average molecular weight is 242 g/mol. The van der Waals surface area contributed by atoms with Gasteiger partial charge < -0.3 is 10.3 Å². The second-order valence-electron chi connectivity index (χ2n) is 4.86. The summed E-state index contributed by atoms with van der Waals surface area (Å²) in [6.45, 7) is 2.27. The molecule has 0 atom stereocenters. The summed E-state index contributed by atoms with van der Waals surface area (Å²) < 4.78 is 0. The molecule has 0 saturated carbocycles. The molecule has 1 saturated heterocycles. The first-order valence-electron chi connectivity index (χ1n) is 6.58. The first kappa shape index (κ1) is 11.4. The Morgan fingerprint density at radius 1 is 1.17 bits per heavy atom. The highest BCUT2D eigenvalue weighted by Gasteiger charge is 2.15. The van der Waals surface area contributed by atoms with Crippen LogP contribution in [0.25, 0.3) is 11.4 Å². The minimum absolute atomic E-state index is 0.758. The number of pyridine rings is 1. The Balaban J connectivity index is 1.69. The van der Waals surface area contributed by atoms with Crippen molar-refractivity contribution in [1.82, 2.24) is 20.3 Å². The first-order valence-corrected chi connectivity index (χ1v) is 6.58. The number of imidazole rings is 1. The van der Waals surface area contributed by atoms with Crippen LogP contribution in [0, 0.1) is 5.92 Å². The van der Waals surface area contributed by atoms with Crippen LogP contribution in [-0.2, 0) is 6.42 Å². The smallest absolute Gasteiger partial charge is 0.106 e. The van der Waals surface area contributed by atoms with E-state index in [0.29, 0.717) is 0 Å². The summed E-state index contributed by atoms with van der Waals surface area (Å²) in [5.41, 5.74) is 1.97. The predicted molar refractivity (Wildman–Crippen MR) is 71.1 cm³/mol. The second-order valence-corrected chi connectivity index (χ2v) is 4.86. The molecule has 2 aromatic rings. The summed E-state index contributed by atoms with van der Waals surface area (Å²) in [6.07, 6.45) is 7.25. The summed E-state index contributed by atoms with van der Waals surface area (Å²) in [5.74, 6) is 1.84. The molecule has 0 aromatic carbocycles. The van der Waals surface area contributed by atoms with Gasteiger partial charge in [-0.2, -0.15) is 0 Å². The van der Waals surface area contributed by atoms with E-state index in [4.69, 9.17) is 0 Å². The van der Waals surface area contributed by atoms with Crippen LogP contribution in [0.15, 0.2) is 30.6 Å². The number of hydrogen-bond donors (Lipinski definition) is 2. The Bertz CT molecular complexity index is 486. The molecule has 94 valence electrons. The first-order chi connectivity index (χ1) is 8.92. The minimum Gasteiger partial charge on any atom is -0.341 e. The summed E-state index contributed by atoms with van der Waals surface area (Å²) in [7, 11) is 0. The number of nitrogens with zero attached hydrogens (tertiary/aromatic N) is 2. The fourth-order valence-electron chi connectivity index (χ4n) is 2.48. The molecule has 1 fully saturated rings. The topological polar surface area (TPSA) is 53.6 Å². The van der Waals surface area contributed by atoms with Gasteiger partial charge in [-0.25, -0.2) is 4.98 Å². The molecule has 18 heavy (non-hydrogen) atoms. The van der Waals surface area contributed by atoms with Crippen LogP contribution in [-0.4, -0.2) is 28.0 Å². The van der Waals surface area contributed by atoms with E-state index in [-0.39, 0.29) is 0 Å². The maximum atomic E-state index is 4.47. The highest BCUT2D eigenvalue weighted by atomic mass is 14.9. The molecule has 0 amide bonds. The van der Waals surface area contributed by atoms with Crippen molar-refractivity contribution >= 4 is 0 Å². The number of piperidine rings is 1. The number of hydrogen-bond acceptors (Lipinski definition) is 3. The Morgan fingerprint density at radius 3 is 2.83 bits per heavy atom. The fraction of sp³-hybridized carbons (Fsp3) is 0.429. The summed E-state index contributed by atoms with van der Waals surface area (Å²) >= 11 is 0. The van der Waals surface area contributed by atoms with Gasteiger partial charge in [0.1, 0.15) is 5.82 Å². The Hall–Kier alpha value is -1.68. The maximum absolute atomic E-state index is 4.47. The molecule has 0 unspecified atom stereocenters. The Morgan fingerprint density at radius 2 is 2.06 bits per heavy atom. The zero-order valence-corrected chi connectivity index (χ0v) is 10.4. The second kappa shape index (κ2) is 5.31. The molecule has 0 aliphatic carbocycles. The predicted octanol–water partition coefficient (Wildman–Crippen LogP) is 2.01. The van der Waals surface area contributed by atoms with Gasteiger partial charge in [-0.15, -0.1) is 0 Å². The van der Waals surface area contributed by atoms with Gasteiger partial charge in [0.15, 0.2) is 0 Å². The molecule has 2 N–H and O–H groups in total. The van der Waals surface area contributed by atoms with E-state index >= 15 is 0 Å². The van der Waals surface area contributed by atoms with Crippen molar-refractivity contribution in [3.8, 4) is 11.4 Å². The molecule has 4 nitrogen and oxygen atoms in total. The van der Waals surface area contributed by atoms with Gasteiger partial charge in [0.05, 0.1) is 17.6 Å². The molecule has 3 rings (SSSR count). The molecule has 4 heteroatoms. The SMILES string of the molecule is c1ccc(-c2cnc(CC3CCNCC3)[nH]2)nc1. The average Bonchev–Trinajstić information content (AvgIpc) is 2.89. The summed E-state index contributed by atoms with van der Waals surface area (Å²) in [4.78, 5) is 12.2. The Labute approximate surface area is 107 Å². The third-order valence-corrected chi connectivity index (χ3v) is 3.51. The molecule has 0 spiro atoms. The van der Waals surface area contributed by atoms with Crippen molar-refractivity contribution in [2.45, 2.75) is 19.3 Å². The number of H-pyrrole nitrogens is 1. The summed E-state index contributed by atoms with van der Waals surface area (Å²) in [6, 6.07) is 5.92. The molecular weight excluding hydrogens is 224 g/mol. The van der Waals surface area contributed by atoms with Gasteiger partial charge in [0.2, 0.25) is 0 Å². The van der Waals surface area contributed by atoms with Crippen molar-refractivity contribution in [3.05, 3.63) is 36.4 Å². The maximum Gasteiger partial charge on any atom is 0.106 e. The lowest BCUT2D eigenvalue weighted by Crippen LogP contribution is -2.28. The summed E-state index contributed by atoms with van der Waals surface area (Å²) in [5, 5.41) is 3.39. The van der Waals surface area contributed by atoms with Crippen LogP contribution < -0.4 is 5.32 Å². The van der Waals surface area contributed by atoms with Crippen LogP contribution in [0.2, 0.25) is 0 Å². The third kappa shape index (κ3) is 2.59. The van der Waals surface area contributed by atoms with E-state index < -0.39 is 0 Å². The van der Waals surface area contributed by atoms with Gasteiger partial charge in [-0.3, -0.25) is 4.98 Å². The molecule has 1 aliphatic heterocycles. The number of rotatable bonds is 3. The molecule has 3 heterocycles. The van der Waals surface area contributed by atoms with Crippen LogP contribution in [0.3, 0.4) is 0 Å². The van der Waals surface area contributed by atoms with Crippen LogP contribution in [0.1, 0.15) is 18.7 Å². The number of nitrogens with one attached hydrogen (secondary N) is 2. The minimum atomic E-state index is 0.758. The van der Waals surface area contributed by atoms with Gasteiger partial charge in [0, 0.05) is 12.6 Å². The standard InChI is InChI=1S/C14H18N4/c1-2-6-16-12(3-1)13-10-17-14(18-13)9-11-4-7-15-8-5-11/h1-3,6,10-11,15H,4-5,7-9H2,(H,17,18). The lowest BCUT2D eigenvalue weighted by Gasteiger charge is -2.21. The van der Waals surface area contributed by atoms with Crippen molar-refractivity contribution in [2.24, 2.45) is 5.92 Å². The lowest BCUT2D eigenvalue weighted by molar-refractivity contribution is 0.368. The van der Waals surface area contributed by atoms with Gasteiger partial charge in [0.25, 0.3) is 0 Å². The van der Waals surface area contributed by atoms with Crippen molar-refractivity contribution in [3.63, 3.8) is 0 Å². The monoisotopic (exact) mass is 242 g/mol. The third-order valence-electron chi connectivity index (χ3n) is 3.51. The van der Waals surface area contributed by atoms with Crippen molar-refractivity contribution < 1.29 is 0 Å². The van der Waals surface area contributed by atoms with E-state index in [1.807, 2.05) is 30.6 Å². The highest BCUT2D eigenvalue weighted by molar-refractivity contribution is 5.52. The van der Waals surface area contributed by atoms with Gasteiger partial charge >= 0.3 is 0 Å². The lowest BCUT2D eigenvalue weighted by atomic mass is 9.94. The molecule has 1 aliphatic rings. The molecular formula is C14H18N4.